The van der Waals surface area contributed by atoms with Gasteiger partial charge in [-0.15, -0.1) is 0 Å². The summed E-state index contributed by atoms with van der Waals surface area (Å²) in [5.41, 5.74) is 4.02. The van der Waals surface area contributed by atoms with Gasteiger partial charge in [0.25, 0.3) is 11.8 Å². The zero-order valence-corrected chi connectivity index (χ0v) is 17.3. The van der Waals surface area contributed by atoms with Crippen LogP contribution >= 0.6 is 11.6 Å². The Morgan fingerprint density at radius 2 is 1.75 bits per heavy atom. The Bertz CT molecular complexity index is 995. The maximum atomic E-state index is 13.1. The number of ether oxygens (including phenoxy) is 1. The van der Waals surface area contributed by atoms with Crippen molar-refractivity contribution in [3.05, 3.63) is 63.8 Å². The maximum Gasteiger partial charge on any atom is 0.278 e. The lowest BCUT2D eigenvalue weighted by molar-refractivity contribution is -0.138. The van der Waals surface area contributed by atoms with Crippen LogP contribution in [-0.4, -0.2) is 29.9 Å². The highest BCUT2D eigenvalue weighted by molar-refractivity contribution is 6.37. The van der Waals surface area contributed by atoms with Gasteiger partial charge >= 0.3 is 0 Å². The average Bonchev–Trinajstić information content (AvgIpc) is 2.86. The zero-order valence-electron chi connectivity index (χ0n) is 16.6. The first-order valence-corrected chi connectivity index (χ1v) is 9.42. The van der Waals surface area contributed by atoms with Crippen LogP contribution < -0.4 is 10.1 Å². The van der Waals surface area contributed by atoms with E-state index in [2.05, 4.69) is 5.32 Å². The van der Waals surface area contributed by atoms with Crippen molar-refractivity contribution in [2.75, 3.05) is 12.4 Å². The van der Waals surface area contributed by atoms with Crippen LogP contribution in [0.15, 0.2) is 42.1 Å². The minimum absolute atomic E-state index is 0.250. The lowest BCUT2D eigenvalue weighted by Crippen LogP contribution is -2.38. The molecule has 146 valence electrons. The lowest BCUT2D eigenvalue weighted by atomic mass is 9.97. The molecule has 1 aliphatic heterocycles. The number of carbonyl (C=O) groups is 2. The summed E-state index contributed by atoms with van der Waals surface area (Å²) in [4.78, 5) is 27.5. The fraction of sp³-hybridized carbons (Fsp3) is 0.273. The molecule has 0 saturated carbocycles. The molecule has 0 aliphatic carbocycles. The largest absolute Gasteiger partial charge is 0.495 e. The number of rotatable bonds is 5. The van der Waals surface area contributed by atoms with Crippen LogP contribution in [0, 0.1) is 13.8 Å². The molecular weight excluding hydrogens is 376 g/mol. The normalized spacial score (nSPS) is 14.3. The SMILES string of the molecule is COc1ccc(NC2=C(c3ccc(C)cc3C)C(=O)N(C(C)C)C2=O)cc1Cl. The number of aryl methyl sites for hydroxylation is 2. The van der Waals surface area contributed by atoms with Crippen LogP contribution in [0.1, 0.15) is 30.5 Å². The second kappa shape index (κ2) is 7.68. The molecule has 6 heteroatoms. The molecule has 0 fully saturated rings. The van der Waals surface area contributed by atoms with E-state index in [0.29, 0.717) is 22.0 Å². The number of amides is 2. The van der Waals surface area contributed by atoms with Crippen LogP contribution in [0.3, 0.4) is 0 Å². The number of anilines is 1. The fourth-order valence-electron chi connectivity index (χ4n) is 3.36. The van der Waals surface area contributed by atoms with Gasteiger partial charge in [-0.2, -0.15) is 0 Å². The van der Waals surface area contributed by atoms with Crippen molar-refractivity contribution < 1.29 is 14.3 Å². The van der Waals surface area contributed by atoms with E-state index in [0.717, 1.165) is 16.7 Å². The van der Waals surface area contributed by atoms with Crippen molar-refractivity contribution in [2.24, 2.45) is 0 Å². The third-order valence-electron chi connectivity index (χ3n) is 4.70. The summed E-state index contributed by atoms with van der Waals surface area (Å²) in [6.07, 6.45) is 0. The number of carbonyl (C=O) groups excluding carboxylic acids is 2. The van der Waals surface area contributed by atoms with Crippen molar-refractivity contribution in [3.63, 3.8) is 0 Å². The Morgan fingerprint density at radius 1 is 1.04 bits per heavy atom. The van der Waals surface area contributed by atoms with Gasteiger partial charge in [-0.1, -0.05) is 35.4 Å². The van der Waals surface area contributed by atoms with Gasteiger partial charge in [0.1, 0.15) is 11.4 Å². The van der Waals surface area contributed by atoms with E-state index in [1.807, 2.05) is 45.9 Å². The van der Waals surface area contributed by atoms with E-state index in [-0.39, 0.29) is 23.6 Å². The summed E-state index contributed by atoms with van der Waals surface area (Å²) in [5, 5.41) is 3.53. The van der Waals surface area contributed by atoms with Gasteiger partial charge in [-0.25, -0.2) is 0 Å². The highest BCUT2D eigenvalue weighted by atomic mass is 35.5. The van der Waals surface area contributed by atoms with Gasteiger partial charge in [0.15, 0.2) is 0 Å². The minimum atomic E-state index is -0.345. The number of halogens is 1. The maximum absolute atomic E-state index is 13.1. The van der Waals surface area contributed by atoms with Crippen molar-refractivity contribution >= 4 is 34.7 Å². The smallest absolute Gasteiger partial charge is 0.278 e. The van der Waals surface area contributed by atoms with Gasteiger partial charge in [0.05, 0.1) is 17.7 Å². The number of nitrogens with one attached hydrogen (secondary N) is 1. The molecular formula is C22H23ClN2O3. The monoisotopic (exact) mass is 398 g/mol. The van der Waals surface area contributed by atoms with Crippen molar-refractivity contribution in [1.82, 2.24) is 4.90 Å². The molecule has 0 unspecified atom stereocenters. The number of benzene rings is 2. The second-order valence-corrected chi connectivity index (χ2v) is 7.52. The molecule has 2 aromatic carbocycles. The van der Waals surface area contributed by atoms with E-state index in [1.54, 1.807) is 18.2 Å². The molecule has 28 heavy (non-hydrogen) atoms. The van der Waals surface area contributed by atoms with Crippen LogP contribution in [0.2, 0.25) is 5.02 Å². The van der Waals surface area contributed by atoms with Gasteiger partial charge in [0, 0.05) is 11.7 Å². The quantitative estimate of drug-likeness (QED) is 0.750. The zero-order chi connectivity index (χ0) is 20.6. The predicted octanol–water partition coefficient (Wildman–Crippen LogP) is 4.57. The van der Waals surface area contributed by atoms with Gasteiger partial charge < -0.3 is 10.1 Å². The first-order valence-electron chi connectivity index (χ1n) is 9.05. The van der Waals surface area contributed by atoms with Crippen molar-refractivity contribution in [1.29, 1.82) is 0 Å². The third-order valence-corrected chi connectivity index (χ3v) is 5.00. The summed E-state index contributed by atoms with van der Waals surface area (Å²) < 4.78 is 5.17. The third kappa shape index (κ3) is 3.50. The van der Waals surface area contributed by atoms with E-state index in [9.17, 15) is 9.59 Å². The number of imide groups is 1. The number of nitrogens with zero attached hydrogens (tertiary/aromatic N) is 1. The summed E-state index contributed by atoms with van der Waals surface area (Å²) in [6.45, 7) is 7.57. The molecule has 0 bridgehead atoms. The molecule has 5 nitrogen and oxygen atoms in total. The van der Waals surface area contributed by atoms with E-state index >= 15 is 0 Å². The molecule has 2 amide bonds. The Morgan fingerprint density at radius 3 is 2.32 bits per heavy atom. The van der Waals surface area contributed by atoms with Gasteiger partial charge in [-0.3, -0.25) is 14.5 Å². The van der Waals surface area contributed by atoms with Crippen molar-refractivity contribution in [3.8, 4) is 5.75 Å². The summed E-state index contributed by atoms with van der Waals surface area (Å²) in [7, 11) is 1.54. The van der Waals surface area contributed by atoms with E-state index in [1.165, 1.54) is 12.0 Å². The van der Waals surface area contributed by atoms with Crippen LogP contribution in [0.25, 0.3) is 5.57 Å². The summed E-state index contributed by atoms with van der Waals surface area (Å²) in [6, 6.07) is 10.7. The topological polar surface area (TPSA) is 58.6 Å². The molecule has 3 rings (SSSR count). The second-order valence-electron chi connectivity index (χ2n) is 7.12. The fourth-order valence-corrected chi connectivity index (χ4v) is 3.62. The highest BCUT2D eigenvalue weighted by Gasteiger charge is 2.41. The van der Waals surface area contributed by atoms with E-state index < -0.39 is 0 Å². The molecule has 1 aliphatic rings. The standard InChI is InChI=1S/C22H23ClN2O3/c1-12(2)25-21(26)19(16-8-6-13(3)10-14(16)4)20(22(25)27)24-15-7-9-18(28-5)17(23)11-15/h6-12,24H,1-5H3. The predicted molar refractivity (Wildman–Crippen MR) is 111 cm³/mol. The minimum Gasteiger partial charge on any atom is -0.495 e. The van der Waals surface area contributed by atoms with Crippen LogP contribution in [-0.2, 0) is 9.59 Å². The molecule has 0 spiro atoms. The van der Waals surface area contributed by atoms with Gasteiger partial charge in [-0.05, 0) is 57.0 Å². The van der Waals surface area contributed by atoms with Gasteiger partial charge in [0.2, 0.25) is 0 Å². The Kier molecular flexibility index (Phi) is 5.47. The Hall–Kier alpha value is -2.79. The van der Waals surface area contributed by atoms with Crippen LogP contribution in [0.4, 0.5) is 5.69 Å². The summed E-state index contributed by atoms with van der Waals surface area (Å²) >= 11 is 6.21. The molecule has 0 aromatic heterocycles. The highest BCUT2D eigenvalue weighted by Crippen LogP contribution is 2.35. The number of hydrogen-bond acceptors (Lipinski definition) is 4. The lowest BCUT2D eigenvalue weighted by Gasteiger charge is -2.19. The summed E-state index contributed by atoms with van der Waals surface area (Å²) in [5.74, 6) is -0.107. The first kappa shape index (κ1) is 20.0. The molecule has 1 heterocycles. The number of hydrogen-bond donors (Lipinski definition) is 1. The van der Waals surface area contributed by atoms with Crippen molar-refractivity contribution in [2.45, 2.75) is 33.7 Å². The molecule has 0 saturated heterocycles. The molecule has 2 aromatic rings. The molecule has 1 N–H and O–H groups in total. The Balaban J connectivity index is 2.13. The molecule has 0 radical (unpaired) electrons. The van der Waals surface area contributed by atoms with E-state index in [4.69, 9.17) is 16.3 Å². The molecule has 0 atom stereocenters. The average molecular weight is 399 g/mol. The first-order chi connectivity index (χ1) is 13.2. The Labute approximate surface area is 169 Å². The van der Waals surface area contributed by atoms with Crippen LogP contribution in [0.5, 0.6) is 5.75 Å². The number of methoxy groups -OCH3 is 1.